The Bertz CT molecular complexity index is 1680. The summed E-state index contributed by atoms with van der Waals surface area (Å²) in [5.41, 5.74) is 2.27. The lowest BCUT2D eigenvalue weighted by molar-refractivity contribution is -0.0489. The maximum Gasteiger partial charge on any atom is 0.387 e. The van der Waals surface area contributed by atoms with E-state index in [1.165, 1.54) is 25.3 Å². The zero-order valence-electron chi connectivity index (χ0n) is 23.9. The van der Waals surface area contributed by atoms with E-state index in [0.717, 1.165) is 31.4 Å². The fourth-order valence-corrected chi connectivity index (χ4v) is 5.53. The summed E-state index contributed by atoms with van der Waals surface area (Å²) in [6, 6.07) is 14.6. The highest BCUT2D eigenvalue weighted by atomic mass is 19.3. The van der Waals surface area contributed by atoms with Crippen molar-refractivity contribution in [1.29, 1.82) is 5.26 Å². The number of carbonyl (C=O) groups excluding carboxylic acids is 1. The largest absolute Gasteiger partial charge is 0.473 e. The molecule has 0 amide bonds. The number of nitrogens with zero attached hydrogens (tertiary/aromatic N) is 5. The number of alkyl halides is 2. The van der Waals surface area contributed by atoms with E-state index in [2.05, 4.69) is 9.97 Å². The van der Waals surface area contributed by atoms with Crippen LogP contribution in [0.3, 0.4) is 0 Å². The number of hydrogen-bond acceptors (Lipinski definition) is 8. The van der Waals surface area contributed by atoms with Crippen molar-refractivity contribution in [2.45, 2.75) is 50.9 Å². The van der Waals surface area contributed by atoms with Crippen LogP contribution in [-0.4, -0.2) is 47.3 Å². The Morgan fingerprint density at radius 3 is 2.58 bits per heavy atom. The predicted molar refractivity (Wildman–Crippen MR) is 152 cm³/mol. The standard InChI is InChI=1S/C31H30F3N5O4/c1-38(31-37-28-25(39(31)2)14-21(29(40)41-3)15-26(28)43-30(33)34)22-11-9-19(10-12-22)24-5-4-6-27(36-24)42-17-20-8-7-18(16-35)13-23(20)32/h4-8,13-15,19,22,30H,9-12,17H2,1-3H3. The van der Waals surface area contributed by atoms with Gasteiger partial charge < -0.3 is 23.7 Å². The monoisotopic (exact) mass is 593 g/mol. The highest BCUT2D eigenvalue weighted by Crippen LogP contribution is 2.37. The molecule has 5 rings (SSSR count). The Kier molecular flexibility index (Phi) is 8.71. The highest BCUT2D eigenvalue weighted by molar-refractivity contribution is 5.96. The summed E-state index contributed by atoms with van der Waals surface area (Å²) in [5, 5.41) is 8.93. The number of esters is 1. The van der Waals surface area contributed by atoms with Crippen molar-refractivity contribution in [1.82, 2.24) is 14.5 Å². The van der Waals surface area contributed by atoms with Crippen LogP contribution in [0, 0.1) is 17.1 Å². The molecule has 1 fully saturated rings. The number of rotatable bonds is 9. The van der Waals surface area contributed by atoms with E-state index in [1.807, 2.05) is 30.1 Å². The normalized spacial score (nSPS) is 16.6. The van der Waals surface area contributed by atoms with E-state index in [1.54, 1.807) is 29.8 Å². The van der Waals surface area contributed by atoms with Crippen molar-refractivity contribution in [2.24, 2.45) is 7.05 Å². The van der Waals surface area contributed by atoms with E-state index in [4.69, 9.17) is 19.5 Å². The average molecular weight is 594 g/mol. The van der Waals surface area contributed by atoms with Crippen molar-refractivity contribution < 1.29 is 32.2 Å². The number of benzene rings is 2. The van der Waals surface area contributed by atoms with Gasteiger partial charge in [0.05, 0.1) is 29.8 Å². The second-order valence-electron chi connectivity index (χ2n) is 10.4. The minimum Gasteiger partial charge on any atom is -0.473 e. The van der Waals surface area contributed by atoms with E-state index in [0.29, 0.717) is 22.9 Å². The number of pyridine rings is 1. The zero-order valence-corrected chi connectivity index (χ0v) is 23.9. The maximum atomic E-state index is 14.2. The van der Waals surface area contributed by atoms with Crippen molar-refractivity contribution in [2.75, 3.05) is 19.1 Å². The van der Waals surface area contributed by atoms with Crippen LogP contribution >= 0.6 is 0 Å². The molecule has 2 aromatic carbocycles. The second kappa shape index (κ2) is 12.6. The number of carbonyl (C=O) groups is 1. The van der Waals surface area contributed by atoms with Crippen LogP contribution in [-0.2, 0) is 18.4 Å². The molecular formula is C31H30F3N5O4. The Morgan fingerprint density at radius 1 is 1.14 bits per heavy atom. The number of anilines is 1. The van der Waals surface area contributed by atoms with Gasteiger partial charge in [0.1, 0.15) is 17.9 Å². The number of fused-ring (bicyclic) bond motifs is 1. The summed E-state index contributed by atoms with van der Waals surface area (Å²) in [6.07, 6.45) is 3.38. The fourth-order valence-electron chi connectivity index (χ4n) is 5.53. The van der Waals surface area contributed by atoms with Gasteiger partial charge in [-0.25, -0.2) is 19.2 Å². The third-order valence-corrected chi connectivity index (χ3v) is 7.85. The molecular weight excluding hydrogens is 563 g/mol. The van der Waals surface area contributed by atoms with Crippen LogP contribution < -0.4 is 14.4 Å². The van der Waals surface area contributed by atoms with Gasteiger partial charge in [0.2, 0.25) is 11.8 Å². The fraction of sp³-hybridized carbons (Fsp3) is 0.355. The molecule has 0 atom stereocenters. The van der Waals surface area contributed by atoms with Gasteiger partial charge in [-0.05, 0) is 56.0 Å². The SMILES string of the molecule is COC(=O)c1cc(OC(F)F)c2nc(N(C)C3CCC(c4cccc(OCc5ccc(C#N)cc5F)n4)CC3)n(C)c2c1. The van der Waals surface area contributed by atoms with Gasteiger partial charge in [0, 0.05) is 43.4 Å². The molecule has 0 radical (unpaired) electrons. The Labute approximate surface area is 246 Å². The Morgan fingerprint density at radius 2 is 1.91 bits per heavy atom. The molecule has 0 N–H and O–H groups in total. The third kappa shape index (κ3) is 6.35. The smallest absolute Gasteiger partial charge is 0.387 e. The zero-order chi connectivity index (χ0) is 30.7. The first-order valence-corrected chi connectivity index (χ1v) is 13.7. The van der Waals surface area contributed by atoms with Gasteiger partial charge in [-0.15, -0.1) is 0 Å². The van der Waals surface area contributed by atoms with Gasteiger partial charge >= 0.3 is 12.6 Å². The lowest BCUT2D eigenvalue weighted by Gasteiger charge is -2.35. The van der Waals surface area contributed by atoms with Crippen LogP contribution in [0.5, 0.6) is 11.6 Å². The van der Waals surface area contributed by atoms with Gasteiger partial charge in [-0.2, -0.15) is 14.0 Å². The first-order valence-electron chi connectivity index (χ1n) is 13.7. The highest BCUT2D eigenvalue weighted by Gasteiger charge is 2.29. The number of aryl methyl sites for hydroxylation is 1. The van der Waals surface area contributed by atoms with Gasteiger partial charge in [-0.1, -0.05) is 12.1 Å². The summed E-state index contributed by atoms with van der Waals surface area (Å²) >= 11 is 0. The Hall–Kier alpha value is -4.79. The number of halogens is 3. The molecule has 1 aliphatic rings. The lowest BCUT2D eigenvalue weighted by Crippen LogP contribution is -2.36. The first kappa shape index (κ1) is 29.7. The van der Waals surface area contributed by atoms with Gasteiger partial charge in [0.25, 0.3) is 0 Å². The van der Waals surface area contributed by atoms with Crippen LogP contribution in [0.2, 0.25) is 0 Å². The van der Waals surface area contributed by atoms with Gasteiger partial charge in [-0.3, -0.25) is 0 Å². The number of methoxy groups -OCH3 is 1. The molecule has 4 aromatic rings. The summed E-state index contributed by atoms with van der Waals surface area (Å²) < 4.78 is 57.6. The lowest BCUT2D eigenvalue weighted by atomic mass is 9.83. The number of imidazole rings is 1. The minimum atomic E-state index is -3.08. The molecule has 0 aliphatic heterocycles. The number of aromatic nitrogens is 3. The molecule has 9 nitrogen and oxygen atoms in total. The molecule has 2 aromatic heterocycles. The number of hydrogen-bond donors (Lipinski definition) is 0. The Balaban J connectivity index is 1.27. The molecule has 0 unspecified atom stereocenters. The first-order chi connectivity index (χ1) is 20.7. The molecule has 0 bridgehead atoms. The molecule has 12 heteroatoms. The quantitative estimate of drug-likeness (QED) is 0.214. The van der Waals surface area contributed by atoms with Gasteiger partial charge in [0.15, 0.2) is 5.75 Å². The van der Waals surface area contributed by atoms with Crippen molar-refractivity contribution in [3.63, 3.8) is 0 Å². The van der Waals surface area contributed by atoms with E-state index in [9.17, 15) is 18.0 Å². The van der Waals surface area contributed by atoms with Crippen LogP contribution in [0.4, 0.5) is 19.1 Å². The van der Waals surface area contributed by atoms with E-state index < -0.39 is 18.4 Å². The molecule has 2 heterocycles. The van der Waals surface area contributed by atoms with E-state index in [-0.39, 0.29) is 41.0 Å². The van der Waals surface area contributed by atoms with Crippen molar-refractivity contribution in [3.8, 4) is 17.7 Å². The average Bonchev–Trinajstić information content (AvgIpc) is 3.35. The van der Waals surface area contributed by atoms with Crippen LogP contribution in [0.25, 0.3) is 11.0 Å². The van der Waals surface area contributed by atoms with Crippen molar-refractivity contribution >= 4 is 23.0 Å². The third-order valence-electron chi connectivity index (χ3n) is 7.85. The summed E-state index contributed by atoms with van der Waals surface area (Å²) in [5.74, 6) is -0.202. The second-order valence-corrected chi connectivity index (χ2v) is 10.4. The van der Waals surface area contributed by atoms with Crippen LogP contribution in [0.15, 0.2) is 48.5 Å². The predicted octanol–water partition coefficient (Wildman–Crippen LogP) is 6.11. The molecule has 1 aliphatic carbocycles. The minimum absolute atomic E-state index is 0.00522. The maximum absolute atomic E-state index is 14.2. The summed E-state index contributed by atoms with van der Waals surface area (Å²) in [7, 11) is 4.89. The molecule has 0 saturated heterocycles. The van der Waals surface area contributed by atoms with E-state index >= 15 is 0 Å². The summed E-state index contributed by atoms with van der Waals surface area (Å²) in [6.45, 7) is -3.08. The number of ether oxygens (including phenoxy) is 3. The summed E-state index contributed by atoms with van der Waals surface area (Å²) in [4.78, 5) is 23.5. The molecule has 1 saturated carbocycles. The van der Waals surface area contributed by atoms with Crippen LogP contribution in [0.1, 0.15) is 58.8 Å². The molecule has 0 spiro atoms. The topological polar surface area (TPSA) is 102 Å². The molecule has 224 valence electrons. The molecule has 43 heavy (non-hydrogen) atoms. The number of nitriles is 1. The van der Waals surface area contributed by atoms with Crippen molar-refractivity contribution in [3.05, 3.63) is 76.7 Å².